The summed E-state index contributed by atoms with van der Waals surface area (Å²) in [5.41, 5.74) is 0. The molecule has 0 N–H and O–H groups in total. The van der Waals surface area contributed by atoms with Crippen LogP contribution in [-0.4, -0.2) is 29.0 Å². The van der Waals surface area contributed by atoms with Crippen LogP contribution in [0.15, 0.2) is 0 Å². The molecule has 2 nitrogen and oxygen atoms in total. The number of amides is 1. The molecular formula is C7H15NOS2. The Hall–Kier alpha value is 0.170. The third kappa shape index (κ3) is 6.56. The van der Waals surface area contributed by atoms with Crippen LogP contribution in [0.2, 0.25) is 0 Å². The van der Waals surface area contributed by atoms with Gasteiger partial charge < -0.3 is 4.90 Å². The van der Waals surface area contributed by atoms with Crippen molar-refractivity contribution in [2.24, 2.45) is 0 Å². The second kappa shape index (κ2) is 4.26. The molecule has 1 amide bonds. The van der Waals surface area contributed by atoms with Crippen LogP contribution < -0.4 is 0 Å². The Morgan fingerprint density at radius 2 is 1.73 bits per heavy atom. The van der Waals surface area contributed by atoms with Crippen molar-refractivity contribution in [1.82, 2.24) is 4.90 Å². The molecule has 0 aromatic rings. The van der Waals surface area contributed by atoms with Gasteiger partial charge in [-0.2, -0.15) is 0 Å². The Kier molecular flexibility index (Phi) is 4.32. The van der Waals surface area contributed by atoms with E-state index in [2.05, 4.69) is 20.8 Å². The van der Waals surface area contributed by atoms with E-state index in [1.54, 1.807) is 29.8 Å². The molecule has 0 saturated carbocycles. The smallest absolute Gasteiger partial charge is 0.291 e. The molecule has 0 heterocycles. The Labute approximate surface area is 76.5 Å². The molecule has 0 rings (SSSR count). The molecule has 0 bridgehead atoms. The van der Waals surface area contributed by atoms with Crippen molar-refractivity contribution in [3.05, 3.63) is 0 Å². The van der Waals surface area contributed by atoms with E-state index in [1.165, 1.54) is 10.8 Å². The first kappa shape index (κ1) is 11.2. The molecule has 0 fully saturated rings. The lowest BCUT2D eigenvalue weighted by atomic mass is 10.3. The fourth-order valence-corrected chi connectivity index (χ4v) is 2.12. The zero-order chi connectivity index (χ0) is 9.07. The maximum Gasteiger partial charge on any atom is 0.291 e. The normalized spacial score (nSPS) is 11.4. The van der Waals surface area contributed by atoms with Gasteiger partial charge in [-0.25, -0.2) is 0 Å². The molecular weight excluding hydrogens is 178 g/mol. The number of hydrogen-bond acceptors (Lipinski definition) is 3. The van der Waals surface area contributed by atoms with Crippen molar-refractivity contribution in [2.45, 2.75) is 25.5 Å². The summed E-state index contributed by atoms with van der Waals surface area (Å²) in [6.07, 6.45) is 0. The number of carbonyl (C=O) groups excluding carboxylic acids is 1. The molecule has 0 radical (unpaired) electrons. The third-order valence-corrected chi connectivity index (χ3v) is 4.00. The number of hydrogen-bond donors (Lipinski definition) is 0. The van der Waals surface area contributed by atoms with Crippen LogP contribution in [0.3, 0.4) is 0 Å². The standard InChI is InChI=1S/C7H15NOS2/c1-7(2,3)11-10-6(9)8(4)5/h1-5H3. The Morgan fingerprint density at radius 1 is 1.27 bits per heavy atom. The van der Waals surface area contributed by atoms with Gasteiger partial charge in [-0.15, -0.1) is 0 Å². The van der Waals surface area contributed by atoms with Crippen LogP contribution in [0.25, 0.3) is 0 Å². The van der Waals surface area contributed by atoms with Crippen molar-refractivity contribution in [3.63, 3.8) is 0 Å². The average Bonchev–Trinajstić information content (AvgIpc) is 1.80. The molecule has 0 aromatic heterocycles. The van der Waals surface area contributed by atoms with Gasteiger partial charge in [-0.1, -0.05) is 31.6 Å². The van der Waals surface area contributed by atoms with Gasteiger partial charge in [0.25, 0.3) is 5.24 Å². The molecule has 0 spiro atoms. The van der Waals surface area contributed by atoms with Crippen LogP contribution in [0.1, 0.15) is 20.8 Å². The average molecular weight is 193 g/mol. The molecule has 0 unspecified atom stereocenters. The summed E-state index contributed by atoms with van der Waals surface area (Å²) in [5.74, 6) is 0. The Bertz CT molecular complexity index is 140. The van der Waals surface area contributed by atoms with Gasteiger partial charge in [0.05, 0.1) is 0 Å². The maximum absolute atomic E-state index is 11.1. The molecule has 0 atom stereocenters. The quantitative estimate of drug-likeness (QED) is 0.597. The predicted molar refractivity (Wildman–Crippen MR) is 54.0 cm³/mol. The van der Waals surface area contributed by atoms with Crippen molar-refractivity contribution < 1.29 is 4.79 Å². The van der Waals surface area contributed by atoms with Gasteiger partial charge >= 0.3 is 0 Å². The highest BCUT2D eigenvalue weighted by Crippen LogP contribution is 2.35. The monoisotopic (exact) mass is 193 g/mol. The van der Waals surface area contributed by atoms with Crippen LogP contribution in [-0.2, 0) is 0 Å². The maximum atomic E-state index is 11.1. The highest BCUT2D eigenvalue weighted by atomic mass is 33.1. The van der Waals surface area contributed by atoms with Crippen LogP contribution >= 0.6 is 21.6 Å². The van der Waals surface area contributed by atoms with E-state index in [1.807, 2.05) is 0 Å². The lowest BCUT2D eigenvalue weighted by molar-refractivity contribution is 0.241. The van der Waals surface area contributed by atoms with E-state index in [-0.39, 0.29) is 9.99 Å². The summed E-state index contributed by atoms with van der Waals surface area (Å²) in [6, 6.07) is 0. The zero-order valence-corrected chi connectivity index (χ0v) is 9.30. The van der Waals surface area contributed by atoms with E-state index >= 15 is 0 Å². The SMILES string of the molecule is CN(C)C(=O)SSC(C)(C)C. The second-order valence-corrected chi connectivity index (χ2v) is 6.35. The van der Waals surface area contributed by atoms with Crippen molar-refractivity contribution >= 4 is 26.8 Å². The summed E-state index contributed by atoms with van der Waals surface area (Å²) < 4.78 is 0.149. The summed E-state index contributed by atoms with van der Waals surface area (Å²) in [5, 5.41) is 0.102. The van der Waals surface area contributed by atoms with E-state index in [4.69, 9.17) is 0 Å². The van der Waals surface area contributed by atoms with E-state index in [0.717, 1.165) is 0 Å². The summed E-state index contributed by atoms with van der Waals surface area (Å²) in [4.78, 5) is 12.6. The molecule has 0 saturated heterocycles. The minimum absolute atomic E-state index is 0.102. The Balaban J connectivity index is 3.64. The first-order valence-electron chi connectivity index (χ1n) is 3.40. The lowest BCUT2D eigenvalue weighted by Gasteiger charge is -2.17. The van der Waals surface area contributed by atoms with Gasteiger partial charge in [0, 0.05) is 29.6 Å². The van der Waals surface area contributed by atoms with Crippen molar-refractivity contribution in [1.29, 1.82) is 0 Å². The van der Waals surface area contributed by atoms with E-state index < -0.39 is 0 Å². The van der Waals surface area contributed by atoms with E-state index in [9.17, 15) is 4.79 Å². The topological polar surface area (TPSA) is 20.3 Å². The largest absolute Gasteiger partial charge is 0.339 e. The fraction of sp³-hybridized carbons (Fsp3) is 0.857. The zero-order valence-electron chi connectivity index (χ0n) is 7.67. The number of rotatable bonds is 1. The van der Waals surface area contributed by atoms with Gasteiger partial charge in [-0.05, 0) is 0 Å². The van der Waals surface area contributed by atoms with Crippen LogP contribution in [0.5, 0.6) is 0 Å². The van der Waals surface area contributed by atoms with Crippen molar-refractivity contribution in [3.8, 4) is 0 Å². The number of nitrogens with zero attached hydrogens (tertiary/aromatic N) is 1. The number of carbonyl (C=O) groups is 1. The second-order valence-electron chi connectivity index (χ2n) is 3.44. The van der Waals surface area contributed by atoms with Crippen LogP contribution in [0, 0.1) is 0 Å². The molecule has 4 heteroatoms. The van der Waals surface area contributed by atoms with Gasteiger partial charge in [0.2, 0.25) is 0 Å². The molecule has 0 aromatic carbocycles. The fourth-order valence-electron chi connectivity index (χ4n) is 0.235. The summed E-state index contributed by atoms with van der Waals surface area (Å²) in [7, 11) is 6.42. The first-order valence-corrected chi connectivity index (χ1v) is 5.55. The first-order chi connectivity index (χ1) is 4.83. The molecule has 0 aliphatic carbocycles. The minimum atomic E-state index is 0.102. The molecule has 0 aliphatic heterocycles. The van der Waals surface area contributed by atoms with Gasteiger partial charge in [-0.3, -0.25) is 4.79 Å². The Morgan fingerprint density at radius 3 is 2.00 bits per heavy atom. The van der Waals surface area contributed by atoms with Gasteiger partial charge in [0.15, 0.2) is 0 Å². The highest BCUT2D eigenvalue weighted by molar-refractivity contribution is 8.82. The minimum Gasteiger partial charge on any atom is -0.339 e. The predicted octanol–water partition coefficient (Wildman–Crippen LogP) is 2.85. The van der Waals surface area contributed by atoms with Crippen LogP contribution in [0.4, 0.5) is 4.79 Å². The third-order valence-electron chi connectivity index (χ3n) is 0.728. The highest BCUT2D eigenvalue weighted by Gasteiger charge is 2.15. The van der Waals surface area contributed by atoms with Gasteiger partial charge in [0.1, 0.15) is 0 Å². The summed E-state index contributed by atoms with van der Waals surface area (Å²) in [6.45, 7) is 6.27. The molecule has 0 aliphatic rings. The van der Waals surface area contributed by atoms with E-state index in [0.29, 0.717) is 0 Å². The molecule has 11 heavy (non-hydrogen) atoms. The summed E-state index contributed by atoms with van der Waals surface area (Å²) >= 11 is 0. The molecule has 66 valence electrons. The lowest BCUT2D eigenvalue weighted by Crippen LogP contribution is -2.16. The van der Waals surface area contributed by atoms with Crippen molar-refractivity contribution in [2.75, 3.05) is 14.1 Å².